The van der Waals surface area contributed by atoms with Crippen LogP contribution in [0.25, 0.3) is 10.2 Å². The molecule has 0 spiro atoms. The number of nitrogens with zero attached hydrogens (tertiary/aromatic N) is 3. The monoisotopic (exact) mass is 398 g/mol. The van der Waals surface area contributed by atoms with Gasteiger partial charge in [0.05, 0.1) is 15.8 Å². The van der Waals surface area contributed by atoms with E-state index in [0.717, 1.165) is 20.3 Å². The summed E-state index contributed by atoms with van der Waals surface area (Å²) in [5.74, 6) is -0.272. The van der Waals surface area contributed by atoms with Crippen molar-refractivity contribution in [3.8, 4) is 0 Å². The molecule has 3 aromatic rings. The van der Waals surface area contributed by atoms with Gasteiger partial charge in [-0.2, -0.15) is 10.1 Å². The minimum atomic E-state index is -0.272. The lowest BCUT2D eigenvalue weighted by Crippen LogP contribution is -2.21. The van der Waals surface area contributed by atoms with Gasteiger partial charge >= 0.3 is 0 Å². The number of anilines is 1. The van der Waals surface area contributed by atoms with Crippen molar-refractivity contribution in [1.29, 1.82) is 0 Å². The molecule has 0 saturated heterocycles. The summed E-state index contributed by atoms with van der Waals surface area (Å²) in [4.78, 5) is 17.2. The van der Waals surface area contributed by atoms with Crippen molar-refractivity contribution >= 4 is 54.2 Å². The van der Waals surface area contributed by atoms with E-state index in [0.29, 0.717) is 16.4 Å². The van der Waals surface area contributed by atoms with Crippen molar-refractivity contribution in [2.75, 3.05) is 5.01 Å². The molecule has 0 aliphatic carbocycles. The summed E-state index contributed by atoms with van der Waals surface area (Å²) in [5.41, 5.74) is 8.26. The van der Waals surface area contributed by atoms with Gasteiger partial charge in [0.2, 0.25) is 5.13 Å². The van der Waals surface area contributed by atoms with Crippen LogP contribution in [0.5, 0.6) is 0 Å². The number of carbonyl (C=O) groups is 1. The third kappa shape index (κ3) is 2.42. The first kappa shape index (κ1) is 15.0. The molecule has 4 rings (SSSR count). The molecular weight excluding hydrogens is 388 g/mol. The van der Waals surface area contributed by atoms with Crippen molar-refractivity contribution < 1.29 is 4.79 Å². The van der Waals surface area contributed by atoms with E-state index in [1.807, 2.05) is 48.5 Å². The highest BCUT2D eigenvalue weighted by molar-refractivity contribution is 9.10. The molecule has 2 aromatic carbocycles. The van der Waals surface area contributed by atoms with E-state index in [2.05, 4.69) is 26.0 Å². The first-order valence-electron chi connectivity index (χ1n) is 7.14. The van der Waals surface area contributed by atoms with Gasteiger partial charge in [0.15, 0.2) is 0 Å². The Hall–Kier alpha value is -2.51. The summed E-state index contributed by atoms with van der Waals surface area (Å²) >= 11 is 4.86. The number of carbonyl (C=O) groups excluding carboxylic acids is 1. The fourth-order valence-corrected chi connectivity index (χ4v) is 3.81. The molecule has 1 aliphatic heterocycles. The van der Waals surface area contributed by atoms with Crippen LogP contribution in [0, 0.1) is 0 Å². The van der Waals surface area contributed by atoms with Gasteiger partial charge in [0.1, 0.15) is 5.71 Å². The maximum Gasteiger partial charge on any atom is 0.284 e. The molecule has 7 heteroatoms. The van der Waals surface area contributed by atoms with Gasteiger partial charge in [-0.1, -0.05) is 51.5 Å². The van der Waals surface area contributed by atoms with Crippen LogP contribution < -0.4 is 10.7 Å². The number of benzene rings is 2. The lowest BCUT2D eigenvalue weighted by Gasteiger charge is -2.05. The number of aromatic nitrogens is 1. The average molecular weight is 399 g/mol. The van der Waals surface area contributed by atoms with Crippen molar-refractivity contribution in [3.05, 3.63) is 70.3 Å². The number of thiazole rings is 1. The number of para-hydroxylation sites is 1. The second-order valence-corrected chi connectivity index (χ2v) is 7.05. The Morgan fingerprint density at radius 1 is 1.17 bits per heavy atom. The number of hydrogen-bond acceptors (Lipinski definition) is 5. The van der Waals surface area contributed by atoms with Gasteiger partial charge in [0, 0.05) is 16.2 Å². The highest BCUT2D eigenvalue weighted by atomic mass is 79.9. The van der Waals surface area contributed by atoms with E-state index in [9.17, 15) is 4.79 Å². The summed E-state index contributed by atoms with van der Waals surface area (Å²) in [6.07, 6.45) is 1.30. The van der Waals surface area contributed by atoms with Crippen molar-refractivity contribution in [3.63, 3.8) is 0 Å². The van der Waals surface area contributed by atoms with Crippen LogP contribution in [0.1, 0.15) is 5.56 Å². The summed E-state index contributed by atoms with van der Waals surface area (Å²) in [6, 6.07) is 15.3. The summed E-state index contributed by atoms with van der Waals surface area (Å²) in [7, 11) is 0. The molecule has 0 bridgehead atoms. The average Bonchev–Trinajstić information content (AvgIpc) is 3.15. The van der Waals surface area contributed by atoms with Crippen LogP contribution in [0.4, 0.5) is 5.13 Å². The lowest BCUT2D eigenvalue weighted by molar-refractivity contribution is -0.114. The molecule has 2 N–H and O–H groups in total. The van der Waals surface area contributed by atoms with Gasteiger partial charge < -0.3 is 5.73 Å². The maximum absolute atomic E-state index is 12.7. The van der Waals surface area contributed by atoms with Crippen LogP contribution in [-0.2, 0) is 4.79 Å². The van der Waals surface area contributed by atoms with Crippen LogP contribution in [-0.4, -0.2) is 16.6 Å². The predicted octanol–water partition coefficient (Wildman–Crippen LogP) is 3.65. The van der Waals surface area contributed by atoms with Gasteiger partial charge in [-0.05, 0) is 24.3 Å². The Labute approximate surface area is 150 Å². The molecule has 0 fully saturated rings. The lowest BCUT2D eigenvalue weighted by atomic mass is 10.0. The van der Waals surface area contributed by atoms with Crippen molar-refractivity contribution in [1.82, 2.24) is 4.98 Å². The largest absolute Gasteiger partial charge is 0.404 e. The quantitative estimate of drug-likeness (QED) is 0.669. The van der Waals surface area contributed by atoms with E-state index < -0.39 is 0 Å². The highest BCUT2D eigenvalue weighted by Gasteiger charge is 2.33. The van der Waals surface area contributed by atoms with Gasteiger partial charge in [-0.15, -0.1) is 0 Å². The number of hydrogen-bond donors (Lipinski definition) is 1. The third-order valence-electron chi connectivity index (χ3n) is 3.61. The number of halogens is 1. The smallest absolute Gasteiger partial charge is 0.284 e. The van der Waals surface area contributed by atoms with Gasteiger partial charge in [-0.25, -0.2) is 4.98 Å². The molecule has 1 aliphatic rings. The first-order chi connectivity index (χ1) is 11.7. The number of amides is 1. The molecular formula is C17H11BrN4OS. The summed E-state index contributed by atoms with van der Waals surface area (Å²) in [6.45, 7) is 0. The Morgan fingerprint density at radius 2 is 2.00 bits per heavy atom. The predicted molar refractivity (Wildman–Crippen MR) is 100 cm³/mol. The van der Waals surface area contributed by atoms with Gasteiger partial charge in [-0.3, -0.25) is 4.79 Å². The molecule has 1 amide bonds. The second-order valence-electron chi connectivity index (χ2n) is 5.12. The minimum absolute atomic E-state index is 0.272. The van der Waals surface area contributed by atoms with E-state index in [-0.39, 0.29) is 5.91 Å². The number of rotatable bonds is 2. The Bertz CT molecular complexity index is 991. The molecule has 2 heterocycles. The van der Waals surface area contributed by atoms with Crippen LogP contribution >= 0.6 is 27.3 Å². The number of fused-ring (bicyclic) bond motifs is 1. The molecule has 0 atom stereocenters. The molecule has 0 unspecified atom stereocenters. The minimum Gasteiger partial charge on any atom is -0.404 e. The second kappa shape index (κ2) is 5.85. The third-order valence-corrected chi connectivity index (χ3v) is 5.11. The Balaban J connectivity index is 1.83. The normalized spacial score (nSPS) is 16.2. The Morgan fingerprint density at radius 3 is 2.75 bits per heavy atom. The molecule has 5 nitrogen and oxygen atoms in total. The zero-order valence-corrected chi connectivity index (χ0v) is 14.7. The first-order valence-corrected chi connectivity index (χ1v) is 8.75. The fraction of sp³-hybridized carbons (Fsp3) is 0. The van der Waals surface area contributed by atoms with E-state index in [1.165, 1.54) is 22.5 Å². The van der Waals surface area contributed by atoms with Crippen LogP contribution in [0.2, 0.25) is 0 Å². The molecule has 1 aromatic heterocycles. The SMILES string of the molecule is NC=C1C(=O)N(c2nc3ccccc3s2)N=C1c1cccc(Br)c1. The zero-order valence-electron chi connectivity index (χ0n) is 12.3. The maximum atomic E-state index is 12.7. The van der Waals surface area contributed by atoms with Crippen molar-refractivity contribution in [2.24, 2.45) is 10.8 Å². The molecule has 118 valence electrons. The summed E-state index contributed by atoms with van der Waals surface area (Å²) in [5, 5.41) is 6.33. The molecule has 0 saturated carbocycles. The van der Waals surface area contributed by atoms with Gasteiger partial charge in [0.25, 0.3) is 5.91 Å². The fourth-order valence-electron chi connectivity index (χ4n) is 2.49. The number of nitrogens with two attached hydrogens (primary N) is 1. The summed E-state index contributed by atoms with van der Waals surface area (Å²) < 4.78 is 1.91. The van der Waals surface area contributed by atoms with Crippen LogP contribution in [0.15, 0.2) is 69.9 Å². The zero-order chi connectivity index (χ0) is 16.7. The Kier molecular flexibility index (Phi) is 3.66. The highest BCUT2D eigenvalue weighted by Crippen LogP contribution is 2.33. The number of hydrazone groups is 1. The molecule has 24 heavy (non-hydrogen) atoms. The van der Waals surface area contributed by atoms with Crippen molar-refractivity contribution in [2.45, 2.75) is 0 Å². The van der Waals surface area contributed by atoms with Crippen LogP contribution in [0.3, 0.4) is 0 Å². The standard InChI is InChI=1S/C17H11BrN4OS/c18-11-5-3-4-10(8-11)15-12(9-19)16(23)22(21-15)17-20-13-6-1-2-7-14(13)24-17/h1-9H,19H2. The van der Waals surface area contributed by atoms with E-state index >= 15 is 0 Å². The molecule has 0 radical (unpaired) electrons. The van der Waals surface area contributed by atoms with E-state index in [4.69, 9.17) is 5.73 Å². The topological polar surface area (TPSA) is 71.6 Å². The van der Waals surface area contributed by atoms with E-state index in [1.54, 1.807) is 0 Å².